The van der Waals surface area contributed by atoms with Crippen LogP contribution in [0.3, 0.4) is 0 Å². The molecule has 0 saturated carbocycles. The van der Waals surface area contributed by atoms with Crippen LogP contribution in [-0.2, 0) is 9.59 Å². The van der Waals surface area contributed by atoms with Crippen molar-refractivity contribution in [2.45, 2.75) is 6.92 Å². The number of anilines is 1. The molecule has 0 spiro atoms. The minimum absolute atomic E-state index is 0.345. The smallest absolute Gasteiger partial charge is 0.240 e. The van der Waals surface area contributed by atoms with Gasteiger partial charge in [0.15, 0.2) is 17.5 Å². The summed E-state index contributed by atoms with van der Waals surface area (Å²) in [4.78, 5) is 25.9. The molecule has 122 valence electrons. The topological polar surface area (TPSA) is 52.7 Å². The Balaban J connectivity index is 2.85. The maximum atomic E-state index is 13.7. The van der Waals surface area contributed by atoms with Gasteiger partial charge in [-0.2, -0.15) is 0 Å². The van der Waals surface area contributed by atoms with Crippen molar-refractivity contribution >= 4 is 17.5 Å². The predicted octanol–water partition coefficient (Wildman–Crippen LogP) is 1.13. The fourth-order valence-corrected chi connectivity index (χ4v) is 1.71. The quantitative estimate of drug-likeness (QED) is 0.801. The van der Waals surface area contributed by atoms with E-state index in [4.69, 9.17) is 0 Å². The van der Waals surface area contributed by atoms with Gasteiger partial charge in [0, 0.05) is 20.0 Å². The van der Waals surface area contributed by atoms with E-state index in [2.05, 4.69) is 5.32 Å². The van der Waals surface area contributed by atoms with Gasteiger partial charge < -0.3 is 15.1 Å². The molecule has 0 saturated heterocycles. The van der Waals surface area contributed by atoms with Crippen molar-refractivity contribution in [3.05, 3.63) is 29.6 Å². The molecule has 0 aliphatic carbocycles. The van der Waals surface area contributed by atoms with E-state index in [1.165, 1.54) is 0 Å². The molecule has 0 bridgehead atoms. The zero-order valence-corrected chi connectivity index (χ0v) is 12.6. The summed E-state index contributed by atoms with van der Waals surface area (Å²) in [5, 5.41) is 2.55. The highest BCUT2D eigenvalue weighted by molar-refractivity contribution is 5.97. The number of carbonyl (C=O) groups is 2. The lowest BCUT2D eigenvalue weighted by Gasteiger charge is -2.21. The maximum Gasteiger partial charge on any atom is 0.240 e. The summed E-state index contributed by atoms with van der Waals surface area (Å²) in [6.45, 7) is 1.56. The first-order chi connectivity index (χ1) is 10.2. The van der Waals surface area contributed by atoms with Gasteiger partial charge in [-0.15, -0.1) is 0 Å². The Morgan fingerprint density at radius 1 is 1.14 bits per heavy atom. The number of nitrogens with one attached hydrogen (secondary N) is 1. The number of likely N-dealkylation sites (N-methyl/N-ethyl adjacent to an activating group) is 1. The van der Waals surface area contributed by atoms with Crippen LogP contribution in [-0.4, -0.2) is 50.4 Å². The fourth-order valence-electron chi connectivity index (χ4n) is 1.71. The minimum Gasteiger partial charge on any atom is -0.353 e. The molecule has 2 amide bonds. The monoisotopic (exact) mass is 317 g/mol. The highest BCUT2D eigenvalue weighted by Gasteiger charge is 2.22. The van der Waals surface area contributed by atoms with Gasteiger partial charge in [-0.3, -0.25) is 9.59 Å². The summed E-state index contributed by atoms with van der Waals surface area (Å²) < 4.78 is 39.9. The lowest BCUT2D eigenvalue weighted by molar-refractivity contribution is -0.123. The zero-order valence-electron chi connectivity index (χ0n) is 12.6. The first-order valence-corrected chi connectivity index (χ1v) is 6.57. The number of amides is 2. The molecule has 1 aromatic carbocycles. The second kappa shape index (κ2) is 7.79. The van der Waals surface area contributed by atoms with E-state index in [0.29, 0.717) is 19.2 Å². The molecule has 0 unspecified atom stereocenters. The number of halogens is 3. The van der Waals surface area contributed by atoms with E-state index in [0.717, 1.165) is 17.9 Å². The second-order valence-corrected chi connectivity index (χ2v) is 4.95. The second-order valence-electron chi connectivity index (χ2n) is 4.95. The van der Waals surface area contributed by atoms with Crippen LogP contribution in [0.5, 0.6) is 0 Å². The van der Waals surface area contributed by atoms with Crippen molar-refractivity contribution in [3.8, 4) is 0 Å². The minimum atomic E-state index is -1.68. The lowest BCUT2D eigenvalue weighted by Crippen LogP contribution is -2.42. The van der Waals surface area contributed by atoms with Gasteiger partial charge in [0.05, 0.1) is 5.69 Å². The van der Waals surface area contributed by atoms with Gasteiger partial charge in [-0.1, -0.05) is 0 Å². The van der Waals surface area contributed by atoms with Crippen molar-refractivity contribution in [1.29, 1.82) is 0 Å². The summed E-state index contributed by atoms with van der Waals surface area (Å²) in [6.07, 6.45) is 0. The van der Waals surface area contributed by atoms with Crippen LogP contribution in [0.15, 0.2) is 12.1 Å². The van der Waals surface area contributed by atoms with Crippen LogP contribution < -0.4 is 10.2 Å². The molecule has 0 radical (unpaired) electrons. The molecule has 1 rings (SSSR count). The highest BCUT2D eigenvalue weighted by atomic mass is 19.2. The zero-order chi connectivity index (χ0) is 16.9. The molecule has 8 heteroatoms. The first kappa shape index (κ1) is 18.0. The Bertz CT molecular complexity index is 565. The van der Waals surface area contributed by atoms with E-state index in [1.54, 1.807) is 0 Å². The Morgan fingerprint density at radius 3 is 2.32 bits per heavy atom. The molecule has 0 fully saturated rings. The van der Waals surface area contributed by atoms with Crippen molar-refractivity contribution in [3.63, 3.8) is 0 Å². The van der Waals surface area contributed by atoms with Gasteiger partial charge >= 0.3 is 0 Å². The molecule has 0 aliphatic heterocycles. The normalized spacial score (nSPS) is 10.7. The Morgan fingerprint density at radius 2 is 1.77 bits per heavy atom. The van der Waals surface area contributed by atoms with Crippen LogP contribution in [0, 0.1) is 17.5 Å². The average molecular weight is 317 g/mol. The summed E-state index contributed by atoms with van der Waals surface area (Å²) >= 11 is 0. The Labute approximate surface area is 126 Å². The van der Waals surface area contributed by atoms with Crippen molar-refractivity contribution < 1.29 is 22.8 Å². The number of carbonyl (C=O) groups excluding carboxylic acids is 2. The molecule has 0 atom stereocenters. The van der Waals surface area contributed by atoms with Gasteiger partial charge in [-0.25, -0.2) is 13.2 Å². The Hall–Kier alpha value is -2.09. The third-order valence-electron chi connectivity index (χ3n) is 2.87. The van der Waals surface area contributed by atoms with Gasteiger partial charge in [0.1, 0.15) is 6.54 Å². The van der Waals surface area contributed by atoms with Crippen molar-refractivity contribution in [2.24, 2.45) is 0 Å². The highest BCUT2D eigenvalue weighted by Crippen LogP contribution is 2.23. The van der Waals surface area contributed by atoms with Crippen LogP contribution in [0.4, 0.5) is 18.9 Å². The van der Waals surface area contributed by atoms with Gasteiger partial charge in [0.2, 0.25) is 11.8 Å². The van der Waals surface area contributed by atoms with Crippen LogP contribution in [0.1, 0.15) is 6.92 Å². The largest absolute Gasteiger partial charge is 0.353 e. The lowest BCUT2D eigenvalue weighted by atomic mass is 10.2. The number of benzene rings is 1. The van der Waals surface area contributed by atoms with Gasteiger partial charge in [0.25, 0.3) is 0 Å². The maximum absolute atomic E-state index is 13.7. The number of hydrogen-bond donors (Lipinski definition) is 1. The third kappa shape index (κ3) is 4.73. The number of nitrogens with zero attached hydrogens (tertiary/aromatic N) is 2. The van der Waals surface area contributed by atoms with Crippen molar-refractivity contribution in [2.75, 3.05) is 38.6 Å². The summed E-state index contributed by atoms with van der Waals surface area (Å²) in [6, 6.07) is 1.62. The fraction of sp³-hybridized carbons (Fsp3) is 0.429. The van der Waals surface area contributed by atoms with Crippen molar-refractivity contribution in [1.82, 2.24) is 10.2 Å². The standard InChI is InChI=1S/C14H18F3N3O2/c1-9(21)20(8-12(22)18-6-7-19(2)3)11-5-4-10(15)13(16)14(11)17/h4-5H,6-8H2,1-3H3,(H,18,22). The molecule has 5 nitrogen and oxygen atoms in total. The van der Waals surface area contributed by atoms with E-state index >= 15 is 0 Å². The predicted molar refractivity (Wildman–Crippen MR) is 75.9 cm³/mol. The first-order valence-electron chi connectivity index (χ1n) is 6.57. The molecule has 1 N–H and O–H groups in total. The van der Waals surface area contributed by atoms with Crippen LogP contribution in [0.25, 0.3) is 0 Å². The van der Waals surface area contributed by atoms with Crippen LogP contribution >= 0.6 is 0 Å². The molecule has 0 aromatic heterocycles. The van der Waals surface area contributed by atoms with E-state index in [-0.39, 0.29) is 0 Å². The van der Waals surface area contributed by atoms with E-state index in [9.17, 15) is 22.8 Å². The number of rotatable bonds is 6. The summed E-state index contributed by atoms with van der Waals surface area (Å²) in [5.74, 6) is -5.73. The van der Waals surface area contributed by atoms with E-state index < -0.39 is 41.5 Å². The van der Waals surface area contributed by atoms with Gasteiger partial charge in [-0.05, 0) is 26.2 Å². The molecule has 22 heavy (non-hydrogen) atoms. The molecule has 0 aliphatic rings. The number of hydrogen-bond acceptors (Lipinski definition) is 3. The van der Waals surface area contributed by atoms with E-state index in [1.807, 2.05) is 19.0 Å². The third-order valence-corrected chi connectivity index (χ3v) is 2.87. The average Bonchev–Trinajstić information content (AvgIpc) is 2.42. The SMILES string of the molecule is CC(=O)N(CC(=O)NCCN(C)C)c1ccc(F)c(F)c1F. The summed E-state index contributed by atoms with van der Waals surface area (Å²) in [5.41, 5.74) is -0.478. The Kier molecular flexibility index (Phi) is 6.36. The summed E-state index contributed by atoms with van der Waals surface area (Å²) in [7, 11) is 3.65. The molecular formula is C14H18F3N3O2. The molecule has 0 heterocycles. The molecular weight excluding hydrogens is 299 g/mol. The molecule has 1 aromatic rings. The van der Waals surface area contributed by atoms with Crippen LogP contribution in [0.2, 0.25) is 0 Å².